The van der Waals surface area contributed by atoms with Gasteiger partial charge in [-0.2, -0.15) is 0 Å². The molecule has 27 heavy (non-hydrogen) atoms. The molecule has 0 unspecified atom stereocenters. The van der Waals surface area contributed by atoms with Crippen LogP contribution in [-0.2, 0) is 6.61 Å². The van der Waals surface area contributed by atoms with E-state index in [0.717, 1.165) is 26.2 Å². The van der Waals surface area contributed by atoms with Crippen LogP contribution in [0.2, 0.25) is 0 Å². The van der Waals surface area contributed by atoms with E-state index < -0.39 is 0 Å². The molecule has 2 heterocycles. The highest BCUT2D eigenvalue weighted by Gasteiger charge is 2.29. The van der Waals surface area contributed by atoms with Crippen LogP contribution in [0.3, 0.4) is 0 Å². The molecule has 1 aliphatic carbocycles. The minimum atomic E-state index is -0.304. The van der Waals surface area contributed by atoms with E-state index in [1.54, 1.807) is 24.3 Å². The number of furan rings is 1. The van der Waals surface area contributed by atoms with E-state index in [2.05, 4.69) is 4.90 Å². The molecule has 0 radical (unpaired) electrons. The maximum Gasteiger partial charge on any atom is 0.289 e. The smallest absolute Gasteiger partial charge is 0.289 e. The molecule has 2 aromatic rings. The Labute approximate surface area is 158 Å². The molecule has 4 rings (SSSR count). The Morgan fingerprint density at radius 2 is 1.74 bits per heavy atom. The molecule has 1 aromatic carbocycles. The van der Waals surface area contributed by atoms with Crippen LogP contribution in [0.1, 0.15) is 42.0 Å². The zero-order chi connectivity index (χ0) is 18.6. The lowest BCUT2D eigenvalue weighted by molar-refractivity contribution is 0.0541. The molecule has 0 N–H and O–H groups in total. The highest BCUT2D eigenvalue weighted by molar-refractivity contribution is 5.91. The number of halogens is 1. The van der Waals surface area contributed by atoms with Gasteiger partial charge in [0, 0.05) is 32.2 Å². The summed E-state index contributed by atoms with van der Waals surface area (Å²) in [6, 6.07) is 9.99. The summed E-state index contributed by atoms with van der Waals surface area (Å²) in [6.07, 6.45) is 5.26. The molecule has 2 aliphatic rings. The summed E-state index contributed by atoms with van der Waals surface area (Å²) in [4.78, 5) is 17.1. The first kappa shape index (κ1) is 18.0. The third-order valence-corrected chi connectivity index (χ3v) is 5.51. The average Bonchev–Trinajstić information content (AvgIpc) is 3.39. The predicted molar refractivity (Wildman–Crippen MR) is 99.2 cm³/mol. The second-order valence-corrected chi connectivity index (χ2v) is 7.28. The van der Waals surface area contributed by atoms with Crippen LogP contribution in [0.4, 0.5) is 4.39 Å². The zero-order valence-corrected chi connectivity index (χ0v) is 15.4. The topological polar surface area (TPSA) is 45.9 Å². The van der Waals surface area contributed by atoms with Crippen molar-refractivity contribution in [3.05, 3.63) is 53.7 Å². The first-order chi connectivity index (χ1) is 13.2. The van der Waals surface area contributed by atoms with Crippen LogP contribution in [0.25, 0.3) is 0 Å². The average molecular weight is 372 g/mol. The fourth-order valence-electron chi connectivity index (χ4n) is 3.97. The predicted octanol–water partition coefficient (Wildman–Crippen LogP) is 3.70. The van der Waals surface area contributed by atoms with Gasteiger partial charge in [0.25, 0.3) is 5.91 Å². The molecule has 144 valence electrons. The van der Waals surface area contributed by atoms with Gasteiger partial charge >= 0.3 is 0 Å². The molecule has 1 aliphatic heterocycles. The quantitative estimate of drug-likeness (QED) is 0.803. The largest absolute Gasteiger partial charge is 0.486 e. The first-order valence-corrected chi connectivity index (χ1v) is 9.69. The van der Waals surface area contributed by atoms with E-state index in [1.807, 2.05) is 4.90 Å². The molecule has 2 fully saturated rings. The number of piperazine rings is 1. The van der Waals surface area contributed by atoms with Crippen molar-refractivity contribution in [3.8, 4) is 5.75 Å². The van der Waals surface area contributed by atoms with Crippen LogP contribution in [-0.4, -0.2) is 47.9 Å². The SMILES string of the molecule is O=C(c1ccc(COc2ccc(F)cc2)o1)N1CCN(C2CCCC2)CC1. The summed E-state index contributed by atoms with van der Waals surface area (Å²) in [5.41, 5.74) is 0. The Hall–Kier alpha value is -2.34. The molecule has 1 aromatic heterocycles. The van der Waals surface area contributed by atoms with Crippen molar-refractivity contribution in [1.29, 1.82) is 0 Å². The number of hydrogen-bond acceptors (Lipinski definition) is 4. The number of benzene rings is 1. The van der Waals surface area contributed by atoms with Crippen molar-refractivity contribution in [1.82, 2.24) is 9.80 Å². The molecular weight excluding hydrogens is 347 g/mol. The van der Waals surface area contributed by atoms with Gasteiger partial charge in [-0.15, -0.1) is 0 Å². The van der Waals surface area contributed by atoms with Crippen molar-refractivity contribution in [3.63, 3.8) is 0 Å². The van der Waals surface area contributed by atoms with E-state index >= 15 is 0 Å². The first-order valence-electron chi connectivity index (χ1n) is 9.69. The van der Waals surface area contributed by atoms with Crippen molar-refractivity contribution < 1.29 is 18.3 Å². The number of rotatable bonds is 5. The Morgan fingerprint density at radius 3 is 2.44 bits per heavy atom. The van der Waals surface area contributed by atoms with E-state index in [4.69, 9.17) is 9.15 Å². The van der Waals surface area contributed by atoms with Crippen LogP contribution >= 0.6 is 0 Å². The number of ether oxygens (including phenoxy) is 1. The second-order valence-electron chi connectivity index (χ2n) is 7.28. The van der Waals surface area contributed by atoms with E-state index in [-0.39, 0.29) is 18.3 Å². The minimum Gasteiger partial charge on any atom is -0.486 e. The van der Waals surface area contributed by atoms with Crippen LogP contribution in [0.5, 0.6) is 5.75 Å². The molecule has 1 amide bonds. The van der Waals surface area contributed by atoms with Gasteiger partial charge in [-0.1, -0.05) is 12.8 Å². The Balaban J connectivity index is 1.29. The number of carbonyl (C=O) groups is 1. The fraction of sp³-hybridized carbons (Fsp3) is 0.476. The number of amides is 1. The summed E-state index contributed by atoms with van der Waals surface area (Å²) in [5.74, 6) is 1.12. The Bertz CT molecular complexity index is 760. The van der Waals surface area contributed by atoms with Gasteiger partial charge < -0.3 is 14.1 Å². The summed E-state index contributed by atoms with van der Waals surface area (Å²) in [5, 5.41) is 0. The van der Waals surface area contributed by atoms with Crippen LogP contribution in [0, 0.1) is 5.82 Å². The van der Waals surface area contributed by atoms with Gasteiger partial charge in [-0.25, -0.2) is 4.39 Å². The van der Waals surface area contributed by atoms with Gasteiger partial charge in [0.05, 0.1) is 0 Å². The molecule has 1 saturated carbocycles. The highest BCUT2D eigenvalue weighted by atomic mass is 19.1. The van der Waals surface area contributed by atoms with Crippen molar-refractivity contribution in [2.24, 2.45) is 0 Å². The molecule has 0 atom stereocenters. The molecular formula is C21H25FN2O3. The monoisotopic (exact) mass is 372 g/mol. The normalized spacial score (nSPS) is 18.8. The Kier molecular flexibility index (Phi) is 5.43. The highest BCUT2D eigenvalue weighted by Crippen LogP contribution is 2.25. The molecule has 0 spiro atoms. The van der Waals surface area contributed by atoms with Gasteiger partial charge in [0.15, 0.2) is 5.76 Å². The number of nitrogens with zero attached hydrogens (tertiary/aromatic N) is 2. The number of hydrogen-bond donors (Lipinski definition) is 0. The molecule has 1 saturated heterocycles. The van der Waals surface area contributed by atoms with E-state index in [0.29, 0.717) is 23.3 Å². The van der Waals surface area contributed by atoms with Crippen molar-refractivity contribution in [2.45, 2.75) is 38.3 Å². The van der Waals surface area contributed by atoms with Crippen molar-refractivity contribution >= 4 is 5.91 Å². The molecule has 0 bridgehead atoms. The molecule has 6 heteroatoms. The van der Waals surface area contributed by atoms with Gasteiger partial charge in [0.2, 0.25) is 0 Å². The maximum atomic E-state index is 12.9. The third-order valence-electron chi connectivity index (χ3n) is 5.51. The van der Waals surface area contributed by atoms with Crippen LogP contribution in [0.15, 0.2) is 40.8 Å². The standard InChI is InChI=1S/C21H25FN2O3/c22-16-5-7-18(8-6-16)26-15-19-9-10-20(27-19)21(25)24-13-11-23(12-14-24)17-3-1-2-4-17/h5-10,17H,1-4,11-15H2. The lowest BCUT2D eigenvalue weighted by atomic mass is 10.2. The summed E-state index contributed by atoms with van der Waals surface area (Å²) in [6.45, 7) is 3.58. The number of carbonyl (C=O) groups excluding carboxylic acids is 1. The van der Waals surface area contributed by atoms with E-state index in [9.17, 15) is 9.18 Å². The fourth-order valence-corrected chi connectivity index (χ4v) is 3.97. The van der Waals surface area contributed by atoms with Crippen LogP contribution < -0.4 is 4.74 Å². The minimum absolute atomic E-state index is 0.0610. The van der Waals surface area contributed by atoms with Gasteiger partial charge in [-0.05, 0) is 49.2 Å². The van der Waals surface area contributed by atoms with E-state index in [1.165, 1.54) is 37.8 Å². The summed E-state index contributed by atoms with van der Waals surface area (Å²) >= 11 is 0. The Morgan fingerprint density at radius 1 is 1.04 bits per heavy atom. The molecule has 5 nitrogen and oxygen atoms in total. The lowest BCUT2D eigenvalue weighted by Crippen LogP contribution is -2.51. The van der Waals surface area contributed by atoms with Crippen molar-refractivity contribution in [2.75, 3.05) is 26.2 Å². The summed E-state index contributed by atoms with van der Waals surface area (Å²) in [7, 11) is 0. The van der Waals surface area contributed by atoms with Gasteiger partial charge in [0.1, 0.15) is 23.9 Å². The maximum absolute atomic E-state index is 12.9. The van der Waals surface area contributed by atoms with Gasteiger partial charge in [-0.3, -0.25) is 9.69 Å². The third kappa shape index (κ3) is 4.33. The second kappa shape index (κ2) is 8.13. The summed E-state index contributed by atoms with van der Waals surface area (Å²) < 4.78 is 24.1. The zero-order valence-electron chi connectivity index (χ0n) is 15.4. The lowest BCUT2D eigenvalue weighted by Gasteiger charge is -2.37.